The van der Waals surface area contributed by atoms with Gasteiger partial charge in [0.25, 0.3) is 5.56 Å². The zero-order chi connectivity index (χ0) is 23.0. The third kappa shape index (κ3) is 4.17. The first kappa shape index (κ1) is 22.1. The Morgan fingerprint density at radius 1 is 1.06 bits per heavy atom. The second kappa shape index (κ2) is 8.90. The summed E-state index contributed by atoms with van der Waals surface area (Å²) in [6.45, 7) is 0.720. The Kier molecular flexibility index (Phi) is 5.96. The van der Waals surface area contributed by atoms with Crippen molar-refractivity contribution in [3.63, 3.8) is 0 Å². The number of sulfonamides is 1. The Morgan fingerprint density at radius 3 is 2.55 bits per heavy atom. The summed E-state index contributed by atoms with van der Waals surface area (Å²) in [5.41, 5.74) is 0.392. The molecule has 176 valence electrons. The molecule has 33 heavy (non-hydrogen) atoms. The van der Waals surface area contributed by atoms with E-state index in [1.54, 1.807) is 37.6 Å². The largest absolute Gasteiger partial charge is 0.497 e. The van der Waals surface area contributed by atoms with Crippen molar-refractivity contribution in [1.29, 1.82) is 0 Å². The number of hydrogen-bond donors (Lipinski definition) is 1. The summed E-state index contributed by atoms with van der Waals surface area (Å²) in [6.07, 6.45) is 8.68. The van der Waals surface area contributed by atoms with Gasteiger partial charge in [0.2, 0.25) is 10.0 Å². The average Bonchev–Trinajstić information content (AvgIpc) is 3.29. The van der Waals surface area contributed by atoms with E-state index in [4.69, 9.17) is 9.72 Å². The first-order valence-electron chi connectivity index (χ1n) is 11.6. The molecule has 1 N–H and O–H groups in total. The minimum Gasteiger partial charge on any atom is -0.497 e. The minimum absolute atomic E-state index is 0.182. The van der Waals surface area contributed by atoms with Crippen LogP contribution in [0.2, 0.25) is 0 Å². The molecule has 1 saturated carbocycles. The van der Waals surface area contributed by atoms with Crippen molar-refractivity contribution in [2.45, 2.75) is 61.8 Å². The van der Waals surface area contributed by atoms with Crippen LogP contribution in [0, 0.1) is 0 Å². The Morgan fingerprint density at radius 2 is 1.82 bits per heavy atom. The lowest BCUT2D eigenvalue weighted by Gasteiger charge is -2.31. The molecule has 2 fully saturated rings. The molecule has 0 bridgehead atoms. The smallest absolute Gasteiger partial charge is 0.262 e. The number of ether oxygens (including phenoxy) is 1. The van der Waals surface area contributed by atoms with E-state index in [9.17, 15) is 13.2 Å². The van der Waals surface area contributed by atoms with Gasteiger partial charge in [0.15, 0.2) is 5.65 Å². The summed E-state index contributed by atoms with van der Waals surface area (Å²) >= 11 is 0. The van der Waals surface area contributed by atoms with Crippen molar-refractivity contribution >= 4 is 21.1 Å². The van der Waals surface area contributed by atoms with Crippen LogP contribution in [-0.2, 0) is 10.0 Å². The molecule has 10 heteroatoms. The van der Waals surface area contributed by atoms with Gasteiger partial charge in [0.05, 0.1) is 24.2 Å². The number of fused-ring (bicyclic) bond motifs is 1. The van der Waals surface area contributed by atoms with Crippen molar-refractivity contribution in [2.24, 2.45) is 0 Å². The maximum Gasteiger partial charge on any atom is 0.262 e. The van der Waals surface area contributed by atoms with Crippen molar-refractivity contribution in [3.05, 3.63) is 46.6 Å². The van der Waals surface area contributed by atoms with Gasteiger partial charge in [-0.2, -0.15) is 9.40 Å². The Hall–Kier alpha value is -2.72. The summed E-state index contributed by atoms with van der Waals surface area (Å²) in [5, 5.41) is 4.98. The van der Waals surface area contributed by atoms with Crippen LogP contribution in [0.3, 0.4) is 0 Å². The summed E-state index contributed by atoms with van der Waals surface area (Å²) < 4.78 is 35.0. The molecule has 1 aliphatic heterocycles. The van der Waals surface area contributed by atoms with Gasteiger partial charge in [-0.3, -0.25) is 4.79 Å². The molecule has 1 aliphatic carbocycles. The van der Waals surface area contributed by atoms with Crippen LogP contribution in [-0.4, -0.2) is 52.7 Å². The molecule has 9 nitrogen and oxygen atoms in total. The number of aromatic nitrogens is 4. The highest BCUT2D eigenvalue weighted by molar-refractivity contribution is 7.89. The van der Waals surface area contributed by atoms with E-state index in [2.05, 4.69) is 10.1 Å². The predicted molar refractivity (Wildman–Crippen MR) is 124 cm³/mol. The number of hydrogen-bond acceptors (Lipinski definition) is 6. The number of H-pyrrole nitrogens is 1. The molecule has 2 aromatic heterocycles. The number of piperidine rings is 1. The van der Waals surface area contributed by atoms with Gasteiger partial charge in [0.1, 0.15) is 17.0 Å². The fourth-order valence-corrected chi connectivity index (χ4v) is 6.54. The molecular weight excluding hydrogens is 442 g/mol. The second-order valence-corrected chi connectivity index (χ2v) is 10.9. The summed E-state index contributed by atoms with van der Waals surface area (Å²) in [5.74, 6) is 0.966. The normalized spacial score (nSPS) is 20.8. The molecule has 0 radical (unpaired) electrons. The van der Waals surface area contributed by atoms with E-state index >= 15 is 0 Å². The Labute approximate surface area is 192 Å². The maximum absolute atomic E-state index is 13.2. The second-order valence-electron chi connectivity index (χ2n) is 8.95. The summed E-state index contributed by atoms with van der Waals surface area (Å²) in [4.78, 5) is 20.8. The van der Waals surface area contributed by atoms with Crippen LogP contribution in [0.4, 0.5) is 0 Å². The van der Waals surface area contributed by atoms with Crippen LogP contribution in [0.1, 0.15) is 62.7 Å². The van der Waals surface area contributed by atoms with E-state index in [0.29, 0.717) is 35.6 Å². The quantitative estimate of drug-likeness (QED) is 0.612. The zero-order valence-corrected chi connectivity index (χ0v) is 19.6. The van der Waals surface area contributed by atoms with Crippen LogP contribution in [0.25, 0.3) is 11.0 Å². The lowest BCUT2D eigenvalue weighted by atomic mass is 9.96. The predicted octanol–water partition coefficient (Wildman–Crippen LogP) is 3.20. The van der Waals surface area contributed by atoms with E-state index < -0.39 is 10.0 Å². The number of methoxy groups -OCH3 is 1. The van der Waals surface area contributed by atoms with Crippen LogP contribution >= 0.6 is 0 Å². The topological polar surface area (TPSA) is 110 Å². The molecule has 0 amide bonds. The Balaban J connectivity index is 1.44. The fourth-order valence-electron chi connectivity index (χ4n) is 5.02. The first-order chi connectivity index (χ1) is 16.0. The lowest BCUT2D eigenvalue weighted by molar-refractivity contribution is 0.308. The lowest BCUT2D eigenvalue weighted by Crippen LogP contribution is -2.39. The molecule has 1 aromatic carbocycles. The van der Waals surface area contributed by atoms with Gasteiger partial charge in [-0.1, -0.05) is 19.3 Å². The highest BCUT2D eigenvalue weighted by Gasteiger charge is 2.32. The molecule has 1 atom stereocenters. The molecular formula is C23H29N5O4S. The highest BCUT2D eigenvalue weighted by atomic mass is 32.2. The van der Waals surface area contributed by atoms with Crippen LogP contribution in [0.5, 0.6) is 5.75 Å². The van der Waals surface area contributed by atoms with E-state index in [-0.39, 0.29) is 29.0 Å². The van der Waals surface area contributed by atoms with Crippen LogP contribution in [0.15, 0.2) is 40.2 Å². The maximum atomic E-state index is 13.2. The third-order valence-electron chi connectivity index (χ3n) is 6.87. The van der Waals surface area contributed by atoms with Gasteiger partial charge in [-0.05, 0) is 49.9 Å². The van der Waals surface area contributed by atoms with Gasteiger partial charge < -0.3 is 9.72 Å². The molecule has 1 unspecified atom stereocenters. The van der Waals surface area contributed by atoms with Crippen molar-refractivity contribution in [1.82, 2.24) is 24.1 Å². The molecule has 0 spiro atoms. The number of nitrogens with one attached hydrogen (secondary N) is 1. The molecule has 3 aromatic rings. The van der Waals surface area contributed by atoms with Crippen molar-refractivity contribution < 1.29 is 13.2 Å². The van der Waals surface area contributed by atoms with Gasteiger partial charge in [-0.15, -0.1) is 0 Å². The highest BCUT2D eigenvalue weighted by Crippen LogP contribution is 2.32. The average molecular weight is 472 g/mol. The van der Waals surface area contributed by atoms with Crippen LogP contribution < -0.4 is 10.3 Å². The van der Waals surface area contributed by atoms with E-state index in [0.717, 1.165) is 32.1 Å². The minimum atomic E-state index is -3.65. The Bertz CT molecular complexity index is 1290. The van der Waals surface area contributed by atoms with Crippen molar-refractivity contribution in [2.75, 3.05) is 20.2 Å². The fraction of sp³-hybridized carbons (Fsp3) is 0.522. The molecule has 3 heterocycles. The third-order valence-corrected chi connectivity index (χ3v) is 8.75. The standard InChI is InChI=1S/C23H29N5O4S/c1-32-18-9-11-19(12-10-18)33(30,31)27-13-5-6-16(15-27)21-25-22-20(23(29)26-21)14-24-28(22)17-7-3-2-4-8-17/h9-12,14,16-17H,2-8,13,15H2,1H3,(H,25,26,29). The van der Waals surface area contributed by atoms with Gasteiger partial charge in [-0.25, -0.2) is 18.1 Å². The molecule has 5 rings (SSSR count). The summed E-state index contributed by atoms with van der Waals surface area (Å²) in [6, 6.07) is 6.68. The number of benzene rings is 1. The number of rotatable bonds is 5. The van der Waals surface area contributed by atoms with Gasteiger partial charge >= 0.3 is 0 Å². The monoisotopic (exact) mass is 471 g/mol. The SMILES string of the molecule is COc1ccc(S(=O)(=O)N2CCCC(c3nc4c(cnn4C4CCCCC4)c(=O)[nH]3)C2)cc1. The zero-order valence-electron chi connectivity index (χ0n) is 18.7. The number of nitrogens with zero attached hydrogens (tertiary/aromatic N) is 4. The van der Waals surface area contributed by atoms with E-state index in [1.165, 1.54) is 10.7 Å². The summed E-state index contributed by atoms with van der Waals surface area (Å²) in [7, 11) is -2.11. The van der Waals surface area contributed by atoms with E-state index in [1.807, 2.05) is 4.68 Å². The first-order valence-corrected chi connectivity index (χ1v) is 13.0. The van der Waals surface area contributed by atoms with Crippen molar-refractivity contribution in [3.8, 4) is 5.75 Å². The number of aromatic amines is 1. The molecule has 1 saturated heterocycles. The van der Waals surface area contributed by atoms with Gasteiger partial charge in [0, 0.05) is 19.0 Å². The molecule has 2 aliphatic rings.